The summed E-state index contributed by atoms with van der Waals surface area (Å²) in [6, 6.07) is 8.19. The zero-order valence-corrected chi connectivity index (χ0v) is 11.0. The van der Waals surface area contributed by atoms with E-state index in [1.165, 1.54) is 23.4 Å². The van der Waals surface area contributed by atoms with Crippen LogP contribution >= 0.6 is 11.6 Å². The second kappa shape index (κ2) is 5.34. The van der Waals surface area contributed by atoms with Gasteiger partial charge in [0.2, 0.25) is 0 Å². The summed E-state index contributed by atoms with van der Waals surface area (Å²) in [5.74, 6) is 0.286. The third kappa shape index (κ3) is 2.65. The third-order valence-electron chi connectivity index (χ3n) is 2.71. The Morgan fingerprint density at radius 1 is 1.30 bits per heavy atom. The Bertz CT molecular complexity index is 711. The monoisotopic (exact) mass is 292 g/mol. The van der Waals surface area contributed by atoms with Crippen molar-refractivity contribution in [2.45, 2.75) is 6.54 Å². The quantitative estimate of drug-likeness (QED) is 0.802. The van der Waals surface area contributed by atoms with E-state index in [-0.39, 0.29) is 0 Å². The molecule has 0 bridgehead atoms. The van der Waals surface area contributed by atoms with Gasteiger partial charge in [-0.05, 0) is 41.9 Å². The summed E-state index contributed by atoms with van der Waals surface area (Å²) in [6.45, 7) is 0.425. The van der Waals surface area contributed by atoms with Crippen molar-refractivity contribution >= 4 is 17.3 Å². The first-order valence-corrected chi connectivity index (χ1v) is 6.23. The van der Waals surface area contributed by atoms with Crippen molar-refractivity contribution in [2.24, 2.45) is 0 Å². The first-order valence-electron chi connectivity index (χ1n) is 5.85. The maximum Gasteiger partial charge on any atom is 0.193 e. The molecule has 0 aliphatic heterocycles. The van der Waals surface area contributed by atoms with E-state index in [4.69, 9.17) is 16.0 Å². The number of halogens is 2. The van der Waals surface area contributed by atoms with Gasteiger partial charge in [0.15, 0.2) is 11.0 Å². The molecule has 1 N–H and O–H groups in total. The first-order chi connectivity index (χ1) is 9.72. The number of anilines is 1. The second-order valence-corrected chi connectivity index (χ2v) is 4.44. The van der Waals surface area contributed by atoms with Crippen molar-refractivity contribution in [3.63, 3.8) is 0 Å². The number of nitrogens with one attached hydrogen (secondary N) is 1. The molecule has 0 saturated carbocycles. The zero-order valence-electron chi connectivity index (χ0n) is 10.3. The highest BCUT2D eigenvalue weighted by Crippen LogP contribution is 2.19. The minimum absolute atomic E-state index is 0.328. The predicted molar refractivity (Wildman–Crippen MR) is 72.4 cm³/mol. The van der Waals surface area contributed by atoms with E-state index < -0.39 is 5.82 Å². The molecule has 2 heterocycles. The molecule has 0 unspecified atom stereocenters. The van der Waals surface area contributed by atoms with Crippen molar-refractivity contribution in [3.05, 3.63) is 59.8 Å². The lowest BCUT2D eigenvalue weighted by Gasteiger charge is -2.07. The van der Waals surface area contributed by atoms with Crippen LogP contribution in [0.5, 0.6) is 0 Å². The van der Waals surface area contributed by atoms with Crippen molar-refractivity contribution in [3.8, 4) is 5.69 Å². The molecule has 0 radical (unpaired) electrons. The van der Waals surface area contributed by atoms with Crippen LogP contribution < -0.4 is 5.32 Å². The molecule has 1 aromatic carbocycles. The number of benzene rings is 1. The number of hydrogen-bond acceptors (Lipinski definition) is 4. The van der Waals surface area contributed by atoms with Gasteiger partial charge < -0.3 is 9.73 Å². The number of hydrogen-bond donors (Lipinski definition) is 1. The van der Waals surface area contributed by atoms with Crippen LogP contribution in [0.2, 0.25) is 5.22 Å². The van der Waals surface area contributed by atoms with Gasteiger partial charge in [-0.1, -0.05) is 0 Å². The van der Waals surface area contributed by atoms with Gasteiger partial charge in [-0.25, -0.2) is 14.1 Å². The van der Waals surface area contributed by atoms with Gasteiger partial charge in [0.25, 0.3) is 0 Å². The molecular formula is C13H10ClFN4O. The van der Waals surface area contributed by atoms with Crippen molar-refractivity contribution in [2.75, 3.05) is 5.32 Å². The van der Waals surface area contributed by atoms with E-state index >= 15 is 0 Å². The molecule has 5 nitrogen and oxygen atoms in total. The summed E-state index contributed by atoms with van der Waals surface area (Å²) in [5.41, 5.74) is 0.980. The van der Waals surface area contributed by atoms with Crippen LogP contribution in [0.4, 0.5) is 10.1 Å². The Hall–Kier alpha value is -2.34. The molecule has 7 heteroatoms. The minimum atomic E-state index is -0.391. The van der Waals surface area contributed by atoms with Crippen molar-refractivity contribution < 1.29 is 8.81 Å². The Balaban J connectivity index is 1.74. The normalized spacial score (nSPS) is 10.7. The van der Waals surface area contributed by atoms with Crippen LogP contribution in [0.15, 0.2) is 47.4 Å². The number of furan rings is 1. The smallest absolute Gasteiger partial charge is 0.193 e. The summed E-state index contributed by atoms with van der Waals surface area (Å²) in [5, 5.41) is 7.27. The van der Waals surface area contributed by atoms with Gasteiger partial charge >= 0.3 is 0 Å². The topological polar surface area (TPSA) is 55.9 Å². The van der Waals surface area contributed by atoms with E-state index in [2.05, 4.69) is 15.4 Å². The highest BCUT2D eigenvalue weighted by atomic mass is 35.5. The lowest BCUT2D eigenvalue weighted by atomic mass is 10.2. The molecule has 102 valence electrons. The molecule has 0 saturated heterocycles. The molecule has 3 rings (SSSR count). The van der Waals surface area contributed by atoms with E-state index in [0.717, 1.165) is 0 Å². The van der Waals surface area contributed by atoms with Crippen LogP contribution in [0.3, 0.4) is 0 Å². The van der Waals surface area contributed by atoms with E-state index in [0.29, 0.717) is 28.9 Å². The van der Waals surface area contributed by atoms with E-state index in [1.807, 2.05) is 0 Å². The number of nitrogens with zero attached hydrogens (tertiary/aromatic N) is 3. The Morgan fingerprint density at radius 3 is 2.85 bits per heavy atom. The first kappa shape index (κ1) is 12.7. The van der Waals surface area contributed by atoms with Crippen LogP contribution in [0, 0.1) is 5.82 Å². The summed E-state index contributed by atoms with van der Waals surface area (Å²) in [7, 11) is 0. The van der Waals surface area contributed by atoms with Gasteiger partial charge in [-0.15, -0.1) is 0 Å². The lowest BCUT2D eigenvalue weighted by molar-refractivity contribution is 0.520. The zero-order chi connectivity index (χ0) is 13.9. The molecule has 0 spiro atoms. The molecule has 0 aliphatic rings. The summed E-state index contributed by atoms with van der Waals surface area (Å²) in [6.07, 6.45) is 2.79. The van der Waals surface area contributed by atoms with Crippen LogP contribution in [0.25, 0.3) is 5.69 Å². The lowest BCUT2D eigenvalue weighted by Crippen LogP contribution is -2.02. The fraction of sp³-hybridized carbons (Fsp3) is 0.0769. The summed E-state index contributed by atoms with van der Waals surface area (Å²) >= 11 is 5.68. The minimum Gasteiger partial charge on any atom is -0.448 e. The van der Waals surface area contributed by atoms with Crippen molar-refractivity contribution in [1.29, 1.82) is 0 Å². The van der Waals surface area contributed by atoms with Crippen LogP contribution in [-0.4, -0.2) is 14.8 Å². The standard InChI is InChI=1S/C13H10ClFN4O/c14-13-4-2-10(20-13)6-17-9-1-3-12(11(15)5-9)19-8-16-7-18-19/h1-5,7-8,17H,6H2. The molecule has 0 aliphatic carbocycles. The molecular weight excluding hydrogens is 283 g/mol. The van der Waals surface area contributed by atoms with Gasteiger partial charge in [-0.2, -0.15) is 5.10 Å². The highest BCUT2D eigenvalue weighted by molar-refractivity contribution is 6.28. The molecule has 0 amide bonds. The Morgan fingerprint density at radius 2 is 2.20 bits per heavy atom. The van der Waals surface area contributed by atoms with Gasteiger partial charge in [0.1, 0.15) is 24.1 Å². The SMILES string of the molecule is Fc1cc(NCc2ccc(Cl)o2)ccc1-n1cncn1. The average molecular weight is 293 g/mol. The third-order valence-corrected chi connectivity index (χ3v) is 2.91. The largest absolute Gasteiger partial charge is 0.448 e. The van der Waals surface area contributed by atoms with Crippen LogP contribution in [-0.2, 0) is 6.54 Å². The Kier molecular flexibility index (Phi) is 3.39. The second-order valence-electron chi connectivity index (χ2n) is 4.07. The molecule has 3 aromatic rings. The van der Waals surface area contributed by atoms with Crippen LogP contribution in [0.1, 0.15) is 5.76 Å². The van der Waals surface area contributed by atoms with E-state index in [1.54, 1.807) is 24.3 Å². The molecule has 20 heavy (non-hydrogen) atoms. The average Bonchev–Trinajstić information content (AvgIpc) is 3.08. The highest BCUT2D eigenvalue weighted by Gasteiger charge is 2.07. The molecule has 0 atom stereocenters. The number of aromatic nitrogens is 3. The predicted octanol–water partition coefficient (Wildman–Crippen LogP) is 3.26. The summed E-state index contributed by atoms with van der Waals surface area (Å²) < 4.78 is 20.5. The van der Waals surface area contributed by atoms with Gasteiger partial charge in [-0.3, -0.25) is 0 Å². The molecule has 0 fully saturated rings. The maximum atomic E-state index is 14.0. The van der Waals surface area contributed by atoms with Gasteiger partial charge in [0.05, 0.1) is 6.54 Å². The van der Waals surface area contributed by atoms with E-state index in [9.17, 15) is 4.39 Å². The Labute approximate surface area is 119 Å². The summed E-state index contributed by atoms with van der Waals surface area (Å²) in [4.78, 5) is 3.79. The molecule has 2 aromatic heterocycles. The number of rotatable bonds is 4. The van der Waals surface area contributed by atoms with Gasteiger partial charge in [0, 0.05) is 5.69 Å². The van der Waals surface area contributed by atoms with Crippen molar-refractivity contribution in [1.82, 2.24) is 14.8 Å². The fourth-order valence-electron chi connectivity index (χ4n) is 1.77. The fourth-order valence-corrected chi connectivity index (χ4v) is 1.93. The maximum absolute atomic E-state index is 14.0.